The predicted octanol–water partition coefficient (Wildman–Crippen LogP) is 2.48. The average Bonchev–Trinajstić information content (AvgIpc) is 2.61. The van der Waals surface area contributed by atoms with Crippen molar-refractivity contribution in [3.8, 4) is 6.07 Å². The molecule has 2 N–H and O–H groups in total. The second-order valence-corrected chi connectivity index (χ2v) is 5.13. The molecule has 15 heavy (non-hydrogen) atoms. The fourth-order valence-electron chi connectivity index (χ4n) is 1.47. The first-order valence-corrected chi connectivity index (χ1v) is 8.32. The fraction of sp³-hybridized carbons (Fsp3) is 0.111. The first-order chi connectivity index (χ1) is 7.26. The number of rotatable bonds is 2. The zero-order valence-electron chi connectivity index (χ0n) is 7.74. The van der Waals surface area contributed by atoms with E-state index < -0.39 is 0 Å². The van der Waals surface area contributed by atoms with Gasteiger partial charge in [-0.25, -0.2) is 4.45 Å². The summed E-state index contributed by atoms with van der Waals surface area (Å²) in [5.41, 5.74) is 8.54. The molecule has 1 aromatic carbocycles. The summed E-state index contributed by atoms with van der Waals surface area (Å²) in [5.74, 6) is 0. The lowest BCUT2D eigenvalue weighted by Gasteiger charge is -2.02. The lowest BCUT2D eigenvalue weighted by molar-refractivity contribution is 1.04. The van der Waals surface area contributed by atoms with Gasteiger partial charge in [-0.1, -0.05) is 0 Å². The summed E-state index contributed by atoms with van der Waals surface area (Å²) in [5, 5.41) is 13.8. The number of benzene rings is 1. The summed E-state index contributed by atoms with van der Waals surface area (Å²) in [4.78, 5) is 0. The number of nitrogen functional groups attached to an aromatic ring is 1. The molecule has 76 valence electrons. The van der Waals surface area contributed by atoms with E-state index in [-0.39, 0.29) is 0 Å². The molecule has 0 radical (unpaired) electrons. The van der Waals surface area contributed by atoms with Crippen molar-refractivity contribution >= 4 is 45.0 Å². The van der Waals surface area contributed by atoms with Crippen molar-refractivity contribution in [1.29, 1.82) is 5.26 Å². The molecule has 0 amide bonds. The summed E-state index contributed by atoms with van der Waals surface area (Å²) in [6, 6.07) is 5.94. The van der Waals surface area contributed by atoms with Crippen molar-refractivity contribution < 1.29 is 0 Å². The Bertz CT molecular complexity index is 543. The minimum atomic E-state index is 0.385. The lowest BCUT2D eigenvalue weighted by Crippen LogP contribution is -1.91. The molecule has 1 unspecified atom stereocenters. The van der Waals surface area contributed by atoms with E-state index in [1.807, 2.05) is 16.6 Å². The van der Waals surface area contributed by atoms with Crippen molar-refractivity contribution in [3.63, 3.8) is 0 Å². The van der Waals surface area contributed by atoms with Crippen LogP contribution < -0.4 is 5.73 Å². The number of nitrogens with zero attached hydrogens (tertiary/aromatic N) is 3. The number of hydrogen-bond acceptors (Lipinski definition) is 3. The van der Waals surface area contributed by atoms with Crippen LogP contribution in [0.25, 0.3) is 10.9 Å². The highest BCUT2D eigenvalue weighted by Crippen LogP contribution is 2.31. The van der Waals surface area contributed by atoms with Gasteiger partial charge in [-0.15, -0.1) is 0 Å². The fourth-order valence-corrected chi connectivity index (χ4v) is 3.01. The van der Waals surface area contributed by atoms with Crippen LogP contribution in [-0.4, -0.2) is 9.55 Å². The van der Waals surface area contributed by atoms with Crippen LogP contribution >= 0.6 is 28.4 Å². The summed E-state index contributed by atoms with van der Waals surface area (Å²) in [6.45, 7) is 0. The van der Waals surface area contributed by atoms with Crippen molar-refractivity contribution in [3.05, 3.63) is 23.9 Å². The molecule has 0 aliphatic heterocycles. The standard InChI is InChI=1S/C9H8IN4P/c10-15-14-9-4-6(1-2-11)3-8(12)7(9)5-13-14/h3-5,15H,1,12H2. The highest BCUT2D eigenvalue weighted by molar-refractivity contribution is 14.2. The molecule has 0 saturated heterocycles. The van der Waals surface area contributed by atoms with Gasteiger partial charge in [0.05, 0.1) is 30.6 Å². The third-order valence-electron chi connectivity index (χ3n) is 2.14. The highest BCUT2D eigenvalue weighted by atomic mass is 127. The van der Waals surface area contributed by atoms with Crippen LogP contribution in [0.15, 0.2) is 18.3 Å². The molecule has 0 fully saturated rings. The van der Waals surface area contributed by atoms with Gasteiger partial charge in [0.2, 0.25) is 0 Å². The number of aromatic nitrogens is 2. The number of anilines is 1. The molecule has 0 spiro atoms. The van der Waals surface area contributed by atoms with Gasteiger partial charge in [0.25, 0.3) is 0 Å². The van der Waals surface area contributed by atoms with Gasteiger partial charge < -0.3 is 5.73 Å². The van der Waals surface area contributed by atoms with Gasteiger partial charge in [0, 0.05) is 11.1 Å². The number of nitriles is 1. The minimum absolute atomic E-state index is 0.385. The second-order valence-electron chi connectivity index (χ2n) is 3.09. The SMILES string of the molecule is N#CCc1cc(N)c2cnn(PI)c2c1. The smallest absolute Gasteiger partial charge is 0.0753 e. The molecule has 0 aliphatic carbocycles. The first-order valence-electron chi connectivity index (χ1n) is 4.26. The van der Waals surface area contributed by atoms with Crippen LogP contribution in [0.3, 0.4) is 0 Å². The Kier molecular flexibility index (Phi) is 3.08. The monoisotopic (exact) mass is 330 g/mol. The maximum absolute atomic E-state index is 8.65. The number of hydrogen-bond donors (Lipinski definition) is 1. The summed E-state index contributed by atoms with van der Waals surface area (Å²) in [7, 11) is 0. The molecule has 1 aromatic heterocycles. The van der Waals surface area contributed by atoms with Crippen LogP contribution in [-0.2, 0) is 6.42 Å². The van der Waals surface area contributed by atoms with Crippen LogP contribution in [0.2, 0.25) is 0 Å². The molecular formula is C9H8IN4P. The minimum Gasteiger partial charge on any atom is -0.398 e. The van der Waals surface area contributed by atoms with E-state index in [1.165, 1.54) is 0 Å². The van der Waals surface area contributed by atoms with E-state index in [2.05, 4.69) is 33.2 Å². The van der Waals surface area contributed by atoms with E-state index >= 15 is 0 Å². The Morgan fingerprint density at radius 1 is 1.60 bits per heavy atom. The molecule has 0 aliphatic rings. The lowest BCUT2D eigenvalue weighted by atomic mass is 10.1. The van der Waals surface area contributed by atoms with E-state index in [9.17, 15) is 0 Å². The quantitative estimate of drug-likeness (QED) is 0.523. The van der Waals surface area contributed by atoms with Crippen LogP contribution in [0.5, 0.6) is 0 Å². The average molecular weight is 330 g/mol. The largest absolute Gasteiger partial charge is 0.398 e. The van der Waals surface area contributed by atoms with E-state index in [4.69, 9.17) is 11.0 Å². The third-order valence-corrected chi connectivity index (χ3v) is 4.03. The molecule has 0 bridgehead atoms. The van der Waals surface area contributed by atoms with Gasteiger partial charge >= 0.3 is 0 Å². The second kappa shape index (κ2) is 4.33. The molecule has 1 atom stereocenters. The maximum atomic E-state index is 8.65. The number of halogens is 1. The summed E-state index contributed by atoms with van der Waals surface area (Å²) < 4.78 is 1.90. The summed E-state index contributed by atoms with van der Waals surface area (Å²) in [6.07, 6.45) is 2.70. The zero-order valence-corrected chi connectivity index (χ0v) is 10.9. The van der Waals surface area contributed by atoms with E-state index in [1.54, 1.807) is 6.20 Å². The number of fused-ring (bicyclic) bond motifs is 1. The van der Waals surface area contributed by atoms with E-state index in [0.29, 0.717) is 18.5 Å². The number of nitrogens with two attached hydrogens (primary N) is 1. The molecule has 1 heterocycles. The van der Waals surface area contributed by atoms with Crippen molar-refractivity contribution in [1.82, 2.24) is 9.55 Å². The highest BCUT2D eigenvalue weighted by Gasteiger charge is 2.06. The first kappa shape index (κ1) is 10.7. The van der Waals surface area contributed by atoms with E-state index in [0.717, 1.165) is 16.5 Å². The predicted molar refractivity (Wildman–Crippen MR) is 71.2 cm³/mol. The maximum Gasteiger partial charge on any atom is 0.0753 e. The third kappa shape index (κ3) is 1.92. The topological polar surface area (TPSA) is 67.6 Å². The molecule has 2 aromatic rings. The van der Waals surface area contributed by atoms with Gasteiger partial charge in [0.1, 0.15) is 0 Å². The van der Waals surface area contributed by atoms with Crippen molar-refractivity contribution in [2.24, 2.45) is 0 Å². The van der Waals surface area contributed by atoms with Crippen LogP contribution in [0.1, 0.15) is 5.56 Å². The Labute approximate surface area is 102 Å². The van der Waals surface area contributed by atoms with Crippen LogP contribution in [0, 0.1) is 11.3 Å². The Morgan fingerprint density at radius 3 is 3.07 bits per heavy atom. The summed E-state index contributed by atoms with van der Waals surface area (Å²) >= 11 is 2.27. The molecule has 6 heteroatoms. The Hall–Kier alpha value is -0.860. The Morgan fingerprint density at radius 2 is 2.40 bits per heavy atom. The molecular weight excluding hydrogens is 322 g/mol. The molecule has 4 nitrogen and oxygen atoms in total. The van der Waals surface area contributed by atoms with Gasteiger partial charge in [0.15, 0.2) is 0 Å². The van der Waals surface area contributed by atoms with Gasteiger partial charge in [-0.2, -0.15) is 10.4 Å². The normalized spacial score (nSPS) is 11.2. The van der Waals surface area contributed by atoms with Crippen LogP contribution in [0.4, 0.5) is 5.69 Å². The van der Waals surface area contributed by atoms with Gasteiger partial charge in [-0.05, 0) is 39.7 Å². The zero-order chi connectivity index (χ0) is 10.8. The Balaban J connectivity index is 2.67. The van der Waals surface area contributed by atoms with Crippen molar-refractivity contribution in [2.75, 3.05) is 5.73 Å². The van der Waals surface area contributed by atoms with Crippen molar-refractivity contribution in [2.45, 2.75) is 6.42 Å². The molecule has 0 saturated carbocycles. The molecule has 2 rings (SSSR count). The van der Waals surface area contributed by atoms with Gasteiger partial charge in [-0.3, -0.25) is 0 Å².